The highest BCUT2D eigenvalue weighted by atomic mass is 16.6. The molecule has 1 fully saturated rings. The Balaban J connectivity index is 1.96. The Bertz CT molecular complexity index is 662. The molecule has 1 aliphatic heterocycles. The average Bonchev–Trinajstić information content (AvgIpc) is 2.97. The second kappa shape index (κ2) is 5.61. The molecule has 0 aliphatic carbocycles. The first kappa shape index (κ1) is 13.7. The van der Waals surface area contributed by atoms with E-state index in [0.717, 1.165) is 25.9 Å². The van der Waals surface area contributed by atoms with Crippen molar-refractivity contribution >= 4 is 5.69 Å². The summed E-state index contributed by atoms with van der Waals surface area (Å²) in [5.74, 6) is 1.12. The molecule has 3 rings (SSSR count). The highest BCUT2D eigenvalue weighted by Gasteiger charge is 2.25. The van der Waals surface area contributed by atoms with E-state index in [1.807, 2.05) is 0 Å². The summed E-state index contributed by atoms with van der Waals surface area (Å²) in [6.07, 6.45) is 1.91. The molecule has 0 saturated carbocycles. The fourth-order valence-corrected chi connectivity index (χ4v) is 2.66. The fourth-order valence-electron chi connectivity index (χ4n) is 2.66. The summed E-state index contributed by atoms with van der Waals surface area (Å²) in [5.41, 5.74) is 0.991. The third-order valence-electron chi connectivity index (χ3n) is 3.80. The predicted octanol–water partition coefficient (Wildman–Crippen LogP) is 2.42. The number of para-hydroxylation sites is 1. The molecule has 0 amide bonds. The molecule has 1 saturated heterocycles. The Morgan fingerprint density at radius 1 is 1.38 bits per heavy atom. The van der Waals surface area contributed by atoms with Crippen LogP contribution in [0.3, 0.4) is 0 Å². The fraction of sp³-hybridized carbons (Fsp3) is 0.429. The molecule has 1 aromatic heterocycles. The van der Waals surface area contributed by atoms with Gasteiger partial charge >= 0.3 is 0 Å². The number of aryl methyl sites for hydroxylation is 1. The SMILES string of the molecule is Cc1cccc(-c2nc(C3CCNCC3)no2)c1[N+](=O)[O-]. The highest BCUT2D eigenvalue weighted by Crippen LogP contribution is 2.33. The van der Waals surface area contributed by atoms with Crippen LogP contribution < -0.4 is 5.32 Å². The Morgan fingerprint density at radius 2 is 2.14 bits per heavy atom. The van der Waals surface area contributed by atoms with Gasteiger partial charge in [-0.15, -0.1) is 0 Å². The quantitative estimate of drug-likeness (QED) is 0.688. The van der Waals surface area contributed by atoms with Crippen LogP contribution in [0.25, 0.3) is 11.5 Å². The van der Waals surface area contributed by atoms with Crippen molar-refractivity contribution in [3.05, 3.63) is 39.7 Å². The molecule has 2 aromatic rings. The van der Waals surface area contributed by atoms with Crippen LogP contribution in [0.2, 0.25) is 0 Å². The van der Waals surface area contributed by atoms with E-state index in [1.54, 1.807) is 25.1 Å². The highest BCUT2D eigenvalue weighted by molar-refractivity contribution is 5.69. The summed E-state index contributed by atoms with van der Waals surface area (Å²) in [4.78, 5) is 15.2. The molecule has 0 radical (unpaired) electrons. The van der Waals surface area contributed by atoms with Crippen LogP contribution in [-0.2, 0) is 0 Å². The van der Waals surface area contributed by atoms with Gasteiger partial charge in [-0.2, -0.15) is 4.98 Å². The van der Waals surface area contributed by atoms with E-state index in [-0.39, 0.29) is 17.5 Å². The van der Waals surface area contributed by atoms with Crippen molar-refractivity contribution in [1.82, 2.24) is 15.5 Å². The van der Waals surface area contributed by atoms with Crippen molar-refractivity contribution in [1.29, 1.82) is 0 Å². The molecule has 1 aliphatic rings. The number of nitrogens with zero attached hydrogens (tertiary/aromatic N) is 3. The minimum Gasteiger partial charge on any atom is -0.334 e. The Hall–Kier alpha value is -2.28. The lowest BCUT2D eigenvalue weighted by Gasteiger charge is -2.18. The Morgan fingerprint density at radius 3 is 2.86 bits per heavy atom. The first-order valence-electron chi connectivity index (χ1n) is 6.95. The second-order valence-electron chi connectivity index (χ2n) is 5.21. The van der Waals surface area contributed by atoms with E-state index in [1.165, 1.54) is 0 Å². The van der Waals surface area contributed by atoms with Crippen LogP contribution in [-0.4, -0.2) is 28.2 Å². The maximum absolute atomic E-state index is 11.2. The van der Waals surface area contributed by atoms with Crippen LogP contribution in [0.15, 0.2) is 22.7 Å². The third-order valence-corrected chi connectivity index (χ3v) is 3.80. The van der Waals surface area contributed by atoms with Gasteiger partial charge in [-0.3, -0.25) is 10.1 Å². The van der Waals surface area contributed by atoms with Gasteiger partial charge < -0.3 is 9.84 Å². The third kappa shape index (κ3) is 2.64. The van der Waals surface area contributed by atoms with Crippen molar-refractivity contribution in [2.24, 2.45) is 0 Å². The number of nitrogens with one attached hydrogen (secondary N) is 1. The van der Waals surface area contributed by atoms with Gasteiger partial charge in [0.1, 0.15) is 5.56 Å². The van der Waals surface area contributed by atoms with Crippen molar-refractivity contribution in [2.45, 2.75) is 25.7 Å². The summed E-state index contributed by atoms with van der Waals surface area (Å²) in [5, 5.41) is 18.5. The van der Waals surface area contributed by atoms with E-state index in [2.05, 4.69) is 15.5 Å². The normalized spacial score (nSPS) is 16.0. The molecule has 110 valence electrons. The number of aromatic nitrogens is 2. The number of rotatable bonds is 3. The minimum absolute atomic E-state index is 0.0259. The van der Waals surface area contributed by atoms with Crippen molar-refractivity contribution < 1.29 is 9.45 Å². The van der Waals surface area contributed by atoms with Gasteiger partial charge in [0.2, 0.25) is 0 Å². The van der Waals surface area contributed by atoms with E-state index < -0.39 is 4.92 Å². The number of hydrogen-bond acceptors (Lipinski definition) is 6. The van der Waals surface area contributed by atoms with E-state index in [9.17, 15) is 10.1 Å². The summed E-state index contributed by atoms with van der Waals surface area (Å²) >= 11 is 0. The number of nitro groups is 1. The van der Waals surface area contributed by atoms with Crippen LogP contribution in [0.5, 0.6) is 0 Å². The number of piperidine rings is 1. The predicted molar refractivity (Wildman–Crippen MR) is 76.0 cm³/mol. The first-order valence-corrected chi connectivity index (χ1v) is 6.95. The van der Waals surface area contributed by atoms with Crippen molar-refractivity contribution in [3.8, 4) is 11.5 Å². The summed E-state index contributed by atoms with van der Waals surface area (Å²) in [6.45, 7) is 3.56. The lowest BCUT2D eigenvalue weighted by molar-refractivity contribution is -0.384. The van der Waals surface area contributed by atoms with Crippen LogP contribution in [0.4, 0.5) is 5.69 Å². The van der Waals surface area contributed by atoms with Gasteiger partial charge in [0.05, 0.1) is 4.92 Å². The summed E-state index contributed by atoms with van der Waals surface area (Å²) in [6, 6.07) is 5.10. The first-order chi connectivity index (χ1) is 10.2. The smallest absolute Gasteiger partial charge is 0.285 e. The molecule has 1 N–H and O–H groups in total. The number of hydrogen-bond donors (Lipinski definition) is 1. The van der Waals surface area contributed by atoms with E-state index >= 15 is 0 Å². The largest absolute Gasteiger partial charge is 0.334 e. The molecule has 0 spiro atoms. The standard InChI is InChI=1S/C14H16N4O3/c1-9-3-2-4-11(12(9)18(19)20)14-16-13(17-21-14)10-5-7-15-8-6-10/h2-4,10,15H,5-8H2,1H3. The molecule has 0 unspecified atom stereocenters. The van der Waals surface area contributed by atoms with Crippen molar-refractivity contribution in [3.63, 3.8) is 0 Å². The van der Waals surface area contributed by atoms with Crippen LogP contribution in [0.1, 0.15) is 30.1 Å². The van der Waals surface area contributed by atoms with E-state index in [0.29, 0.717) is 17.0 Å². The zero-order valence-corrected chi connectivity index (χ0v) is 11.7. The zero-order chi connectivity index (χ0) is 14.8. The van der Waals surface area contributed by atoms with Gasteiger partial charge in [-0.1, -0.05) is 17.3 Å². The Kier molecular flexibility index (Phi) is 3.66. The topological polar surface area (TPSA) is 94.1 Å². The molecule has 1 aromatic carbocycles. The molecule has 0 atom stereocenters. The monoisotopic (exact) mass is 288 g/mol. The van der Waals surface area contributed by atoms with Gasteiger partial charge in [0.25, 0.3) is 11.6 Å². The maximum Gasteiger partial charge on any atom is 0.285 e. The maximum atomic E-state index is 11.2. The lowest BCUT2D eigenvalue weighted by Crippen LogP contribution is -2.27. The molecular weight excluding hydrogens is 272 g/mol. The van der Waals surface area contributed by atoms with E-state index in [4.69, 9.17) is 4.52 Å². The van der Waals surface area contributed by atoms with Gasteiger partial charge in [-0.25, -0.2) is 0 Å². The minimum atomic E-state index is -0.404. The second-order valence-corrected chi connectivity index (χ2v) is 5.21. The summed E-state index contributed by atoms with van der Waals surface area (Å²) < 4.78 is 5.26. The molecule has 21 heavy (non-hydrogen) atoms. The van der Waals surface area contributed by atoms with Crippen LogP contribution >= 0.6 is 0 Å². The van der Waals surface area contributed by atoms with Crippen LogP contribution in [0, 0.1) is 17.0 Å². The average molecular weight is 288 g/mol. The van der Waals surface area contributed by atoms with Gasteiger partial charge in [-0.05, 0) is 38.9 Å². The number of benzene rings is 1. The molecule has 0 bridgehead atoms. The summed E-state index contributed by atoms with van der Waals surface area (Å²) in [7, 11) is 0. The molecule has 7 heteroatoms. The lowest BCUT2D eigenvalue weighted by atomic mass is 9.97. The molecule has 2 heterocycles. The van der Waals surface area contributed by atoms with Gasteiger partial charge in [0.15, 0.2) is 5.82 Å². The Labute approximate surface area is 121 Å². The van der Waals surface area contributed by atoms with Crippen molar-refractivity contribution in [2.75, 3.05) is 13.1 Å². The van der Waals surface area contributed by atoms with Gasteiger partial charge in [0, 0.05) is 11.5 Å². The molecule has 7 nitrogen and oxygen atoms in total. The zero-order valence-electron chi connectivity index (χ0n) is 11.7. The molecular formula is C14H16N4O3. The number of nitro benzene ring substituents is 1.